The molecule has 0 spiro atoms. The summed E-state index contributed by atoms with van der Waals surface area (Å²) in [5, 5.41) is 28.2. The van der Waals surface area contributed by atoms with Crippen LogP contribution in [0.25, 0.3) is 10.8 Å². The molecule has 60 heavy (non-hydrogen) atoms. The number of aliphatic hydroxyl groups excluding tert-OH is 2. The molecule has 0 saturated heterocycles. The first kappa shape index (κ1) is 47.0. The zero-order valence-corrected chi connectivity index (χ0v) is 38.8. The van der Waals surface area contributed by atoms with Gasteiger partial charge >= 0.3 is 0 Å². The monoisotopic (exact) mass is 828 g/mol. The molecule has 3 N–H and O–H groups in total. The first-order valence-electron chi connectivity index (χ1n) is 25.0. The lowest BCUT2D eigenvalue weighted by molar-refractivity contribution is -0.175. The number of carbonyl (C=O) groups excluding carboxylic acids is 2. The molecular formula is C53H85N3O4. The Morgan fingerprint density at radius 1 is 0.783 bits per heavy atom. The highest BCUT2D eigenvalue weighted by Gasteiger charge is 2.63. The first-order chi connectivity index (χ1) is 28.9. The van der Waals surface area contributed by atoms with Crippen molar-refractivity contribution in [2.75, 3.05) is 32.5 Å². The van der Waals surface area contributed by atoms with Crippen LogP contribution in [0.15, 0.2) is 42.5 Å². The molecular weight excluding hydrogens is 743 g/mol. The van der Waals surface area contributed by atoms with E-state index in [2.05, 4.69) is 70.2 Å². The van der Waals surface area contributed by atoms with Crippen molar-refractivity contribution < 1.29 is 19.8 Å². The molecule has 0 heterocycles. The first-order valence-corrected chi connectivity index (χ1v) is 25.0. The van der Waals surface area contributed by atoms with Crippen molar-refractivity contribution >= 4 is 28.3 Å². The number of aliphatic hydroxyl groups is 2. The molecule has 2 aromatic rings. The van der Waals surface area contributed by atoms with E-state index in [4.69, 9.17) is 0 Å². The average Bonchev–Trinajstić information content (AvgIpc) is 3.60. The topological polar surface area (TPSA) is 93.1 Å². The zero-order valence-electron chi connectivity index (χ0n) is 38.8. The van der Waals surface area contributed by atoms with Crippen molar-refractivity contribution in [3.63, 3.8) is 0 Å². The van der Waals surface area contributed by atoms with Gasteiger partial charge in [0.05, 0.1) is 12.2 Å². The molecule has 11 unspecified atom stereocenters. The van der Waals surface area contributed by atoms with Crippen LogP contribution in [0.3, 0.4) is 0 Å². The van der Waals surface area contributed by atoms with Crippen molar-refractivity contribution in [3.8, 4) is 0 Å². The van der Waals surface area contributed by atoms with Gasteiger partial charge in [-0.15, -0.1) is 0 Å². The molecule has 4 aliphatic carbocycles. The minimum atomic E-state index is -0.515. The molecule has 4 saturated carbocycles. The van der Waals surface area contributed by atoms with Crippen LogP contribution < -0.4 is 5.32 Å². The lowest BCUT2D eigenvalue weighted by atomic mass is 9.43. The minimum Gasteiger partial charge on any atom is -0.393 e. The smallest absolute Gasteiger partial charge is 0.247 e. The Labute approximate surface area is 365 Å². The second kappa shape index (κ2) is 21.7. The van der Waals surface area contributed by atoms with Gasteiger partial charge in [0.1, 0.15) is 6.04 Å². The number of fused-ring (bicyclic) bond motifs is 6. The van der Waals surface area contributed by atoms with Crippen molar-refractivity contribution in [1.29, 1.82) is 0 Å². The van der Waals surface area contributed by atoms with Crippen molar-refractivity contribution in [2.24, 2.45) is 46.3 Å². The molecule has 7 heteroatoms. The molecule has 4 fully saturated rings. The molecule has 11 atom stereocenters. The largest absolute Gasteiger partial charge is 0.393 e. The number of nitrogens with zero attached hydrogens (tertiary/aromatic N) is 2. The summed E-state index contributed by atoms with van der Waals surface area (Å²) in [6.45, 7) is 10.9. The van der Waals surface area contributed by atoms with Gasteiger partial charge in [0, 0.05) is 18.7 Å². The van der Waals surface area contributed by atoms with E-state index in [-0.39, 0.29) is 34.9 Å². The van der Waals surface area contributed by atoms with Crippen LogP contribution in [0, 0.1) is 46.3 Å². The van der Waals surface area contributed by atoms with Gasteiger partial charge in [-0.05, 0) is 161 Å². The highest BCUT2D eigenvalue weighted by Crippen LogP contribution is 2.68. The molecule has 0 bridgehead atoms. The zero-order chi connectivity index (χ0) is 42.9. The van der Waals surface area contributed by atoms with Gasteiger partial charge in [-0.3, -0.25) is 9.59 Å². The van der Waals surface area contributed by atoms with Crippen LogP contribution in [0.5, 0.6) is 0 Å². The highest BCUT2D eigenvalue weighted by molar-refractivity contribution is 5.99. The number of benzene rings is 2. The Kier molecular flexibility index (Phi) is 17.0. The predicted molar refractivity (Wildman–Crippen MR) is 249 cm³/mol. The van der Waals surface area contributed by atoms with Gasteiger partial charge in [-0.1, -0.05) is 122 Å². The predicted octanol–water partition coefficient (Wildman–Crippen LogP) is 11.6. The summed E-state index contributed by atoms with van der Waals surface area (Å²) in [7, 11) is 4.15. The fourth-order valence-electron chi connectivity index (χ4n) is 13.6. The van der Waals surface area contributed by atoms with E-state index in [0.29, 0.717) is 54.9 Å². The summed E-state index contributed by atoms with van der Waals surface area (Å²) in [4.78, 5) is 33.2. The molecule has 7 nitrogen and oxygen atoms in total. The number of hydrogen-bond donors (Lipinski definition) is 3. The summed E-state index contributed by atoms with van der Waals surface area (Å²) in [5.41, 5.74) is 0.869. The van der Waals surface area contributed by atoms with Gasteiger partial charge < -0.3 is 25.3 Å². The van der Waals surface area contributed by atoms with E-state index in [1.807, 2.05) is 29.2 Å². The Morgan fingerprint density at radius 3 is 2.20 bits per heavy atom. The minimum absolute atomic E-state index is 0.0747. The van der Waals surface area contributed by atoms with Crippen molar-refractivity contribution in [2.45, 2.75) is 187 Å². The number of unbranched alkanes of at least 4 members (excludes halogenated alkanes) is 9. The third-order valence-corrected chi connectivity index (χ3v) is 17.2. The van der Waals surface area contributed by atoms with Gasteiger partial charge in [0.15, 0.2) is 0 Å². The van der Waals surface area contributed by atoms with Crippen molar-refractivity contribution in [3.05, 3.63) is 42.5 Å². The molecule has 0 aliphatic heterocycles. The van der Waals surface area contributed by atoms with E-state index in [1.54, 1.807) is 0 Å². The van der Waals surface area contributed by atoms with E-state index >= 15 is 0 Å². The standard InChI is InChI=1S/C53H85N3O4/c1-7-8-9-10-11-12-13-14-15-16-22-48(51(60)54-42-26-24-39-20-17-18-21-40(39)35-42)56(34-19-33-55(5)6)50(59)30-23-38(2)45-28-29-46-44-27-25-41-36-43(57)31-32-52(41,3)47(44)37-49(58)53(45,46)4/h17-18,20-21,24,26,35,38,41,43-49,57-58H,7-16,19,22-23,25,27-34,36-37H2,1-6H3,(H,54,60). The molecule has 2 aromatic carbocycles. The molecule has 6 rings (SSSR count). The lowest BCUT2D eigenvalue weighted by Crippen LogP contribution is -2.58. The quantitative estimate of drug-likeness (QED) is 0.103. The summed E-state index contributed by atoms with van der Waals surface area (Å²) in [6, 6.07) is 13.8. The Morgan fingerprint density at radius 2 is 1.48 bits per heavy atom. The number of anilines is 1. The highest BCUT2D eigenvalue weighted by atomic mass is 16.3. The van der Waals surface area contributed by atoms with Crippen LogP contribution >= 0.6 is 0 Å². The molecule has 4 aliphatic rings. The maximum atomic E-state index is 14.7. The number of rotatable bonds is 22. The normalized spacial score (nSPS) is 31.0. The molecule has 2 amide bonds. The Hall–Kier alpha value is -2.48. The van der Waals surface area contributed by atoms with Gasteiger partial charge in [0.2, 0.25) is 11.8 Å². The third kappa shape index (κ3) is 11.0. The second-order valence-corrected chi connectivity index (χ2v) is 21.2. The van der Waals surface area contributed by atoms with Crippen LogP contribution in [0.4, 0.5) is 5.69 Å². The van der Waals surface area contributed by atoms with Crippen LogP contribution in [-0.2, 0) is 9.59 Å². The van der Waals surface area contributed by atoms with Crippen LogP contribution in [-0.4, -0.2) is 77.3 Å². The summed E-state index contributed by atoms with van der Waals surface area (Å²) >= 11 is 0. The maximum Gasteiger partial charge on any atom is 0.247 e. The van der Waals surface area contributed by atoms with Gasteiger partial charge in [-0.25, -0.2) is 0 Å². The average molecular weight is 828 g/mol. The van der Waals surface area contributed by atoms with Crippen molar-refractivity contribution in [1.82, 2.24) is 9.80 Å². The summed E-state index contributed by atoms with van der Waals surface area (Å²) in [5.74, 6) is 2.99. The van der Waals surface area contributed by atoms with Crippen LogP contribution in [0.1, 0.15) is 169 Å². The molecule has 0 aromatic heterocycles. The fourth-order valence-corrected chi connectivity index (χ4v) is 13.6. The maximum absolute atomic E-state index is 14.7. The van der Waals surface area contributed by atoms with E-state index in [1.165, 1.54) is 70.6 Å². The molecule has 336 valence electrons. The summed E-state index contributed by atoms with van der Waals surface area (Å²) < 4.78 is 0. The van der Waals surface area contributed by atoms with Gasteiger partial charge in [-0.2, -0.15) is 0 Å². The lowest BCUT2D eigenvalue weighted by Gasteiger charge is -2.62. The number of hydrogen-bond acceptors (Lipinski definition) is 5. The number of carbonyl (C=O) groups is 2. The third-order valence-electron chi connectivity index (χ3n) is 17.2. The Balaban J connectivity index is 1.13. The molecule has 0 radical (unpaired) electrons. The number of amides is 2. The SMILES string of the molecule is CCCCCCCCCCCCC(C(=O)Nc1ccc2ccccc2c1)N(CCCN(C)C)C(=O)CCC(C)C1CCC2C3CCC4CC(O)CCC4(C)C3CC(O)C12C. The van der Waals surface area contributed by atoms with E-state index in [9.17, 15) is 19.8 Å². The fraction of sp³-hybridized carbons (Fsp3) is 0.774. The summed E-state index contributed by atoms with van der Waals surface area (Å²) in [6.07, 6.45) is 23.1. The second-order valence-electron chi connectivity index (χ2n) is 21.2. The Bertz CT molecular complexity index is 1660. The van der Waals surface area contributed by atoms with E-state index in [0.717, 1.165) is 80.8 Å². The number of nitrogens with one attached hydrogen (secondary N) is 1. The van der Waals surface area contributed by atoms with Gasteiger partial charge in [0.25, 0.3) is 0 Å². The van der Waals surface area contributed by atoms with E-state index < -0.39 is 6.04 Å². The van der Waals surface area contributed by atoms with Crippen LogP contribution in [0.2, 0.25) is 0 Å².